The predicted octanol–water partition coefficient (Wildman–Crippen LogP) is 3.36. The average molecular weight is 368 g/mol. The van der Waals surface area contributed by atoms with Crippen LogP contribution in [0.3, 0.4) is 0 Å². The van der Waals surface area contributed by atoms with E-state index in [2.05, 4.69) is 20.2 Å². The van der Waals surface area contributed by atoms with Crippen LogP contribution < -0.4 is 15.2 Å². The zero-order chi connectivity index (χ0) is 19.1. The molecule has 136 valence electrons. The lowest BCUT2D eigenvalue weighted by Gasteiger charge is -1.99. The molecule has 28 heavy (non-hydrogen) atoms. The molecule has 0 fully saturated rings. The monoisotopic (exact) mass is 368 g/mol. The summed E-state index contributed by atoms with van der Waals surface area (Å²) in [6.45, 7) is 0. The van der Waals surface area contributed by atoms with E-state index in [0.29, 0.717) is 5.56 Å². The van der Waals surface area contributed by atoms with Crippen LogP contribution in [0.15, 0.2) is 71.2 Å². The minimum atomic E-state index is 0.119. The van der Waals surface area contributed by atoms with Crippen molar-refractivity contribution in [3.8, 4) is 11.6 Å². The van der Waals surface area contributed by atoms with Gasteiger partial charge in [0.2, 0.25) is 0 Å². The summed E-state index contributed by atoms with van der Waals surface area (Å²) in [5.41, 5.74) is 4.10. The molecule has 0 saturated carbocycles. The average Bonchev–Trinajstić information content (AvgIpc) is 3.29. The Bertz CT molecular complexity index is 1350. The van der Waals surface area contributed by atoms with Crippen molar-refractivity contribution in [2.75, 3.05) is 7.11 Å². The van der Waals surface area contributed by atoms with E-state index < -0.39 is 0 Å². The molecule has 6 heteroatoms. The van der Waals surface area contributed by atoms with E-state index in [4.69, 9.17) is 4.74 Å². The van der Waals surface area contributed by atoms with Gasteiger partial charge >= 0.3 is 0 Å². The molecular weight excluding hydrogens is 352 g/mol. The molecule has 0 radical (unpaired) electrons. The van der Waals surface area contributed by atoms with Crippen molar-refractivity contribution in [3.05, 3.63) is 82.5 Å². The van der Waals surface area contributed by atoms with Crippen molar-refractivity contribution in [2.45, 2.75) is 0 Å². The van der Waals surface area contributed by atoms with Crippen LogP contribution in [-0.4, -0.2) is 22.2 Å². The van der Waals surface area contributed by atoms with Gasteiger partial charge in [-0.25, -0.2) is 0 Å². The molecular formula is C22H16N4O2. The first-order valence-electron chi connectivity index (χ1n) is 8.80. The maximum atomic E-state index is 10.4. The Morgan fingerprint density at radius 3 is 2.82 bits per heavy atom. The minimum Gasteiger partial charge on any atom is -0.497 e. The number of nitrogens with one attached hydrogen (secondary N) is 1. The van der Waals surface area contributed by atoms with Gasteiger partial charge in [0.05, 0.1) is 12.8 Å². The fourth-order valence-corrected chi connectivity index (χ4v) is 3.41. The fourth-order valence-electron chi connectivity index (χ4n) is 3.41. The largest absolute Gasteiger partial charge is 0.497 e. The predicted molar refractivity (Wildman–Crippen MR) is 107 cm³/mol. The molecule has 4 aromatic rings. The van der Waals surface area contributed by atoms with Crippen LogP contribution in [0.4, 0.5) is 5.69 Å². The Morgan fingerprint density at radius 2 is 2.00 bits per heavy atom. The van der Waals surface area contributed by atoms with Gasteiger partial charge in [-0.2, -0.15) is 0 Å². The molecule has 3 heterocycles. The molecule has 0 saturated heterocycles. The number of benzene rings is 2. The van der Waals surface area contributed by atoms with Crippen LogP contribution in [-0.2, 0) is 0 Å². The van der Waals surface area contributed by atoms with Crippen molar-refractivity contribution in [1.82, 2.24) is 9.97 Å². The summed E-state index contributed by atoms with van der Waals surface area (Å²) in [5, 5.41) is 21.8. The molecule has 0 amide bonds. The lowest BCUT2D eigenvalue weighted by atomic mass is 10.1. The molecule has 1 aliphatic heterocycles. The minimum absolute atomic E-state index is 0.119. The van der Waals surface area contributed by atoms with Crippen LogP contribution in [0.1, 0.15) is 11.1 Å². The lowest BCUT2D eigenvalue weighted by Crippen LogP contribution is -2.09. The maximum Gasteiger partial charge on any atom is 0.196 e. The molecule has 2 N–H and O–H groups in total. The van der Waals surface area contributed by atoms with Gasteiger partial charge in [-0.15, -0.1) is 10.2 Å². The molecule has 0 unspecified atom stereocenters. The van der Waals surface area contributed by atoms with E-state index in [1.165, 1.54) is 0 Å². The Labute approximate surface area is 160 Å². The molecule has 2 aromatic heterocycles. The van der Waals surface area contributed by atoms with Crippen molar-refractivity contribution in [2.24, 2.45) is 10.2 Å². The Morgan fingerprint density at radius 1 is 1.07 bits per heavy atom. The summed E-state index contributed by atoms with van der Waals surface area (Å²) in [4.78, 5) is 7.15. The van der Waals surface area contributed by atoms with Crippen LogP contribution in [0.2, 0.25) is 0 Å². The molecule has 2 aromatic carbocycles. The number of methoxy groups -OCH3 is 1. The first-order valence-corrected chi connectivity index (χ1v) is 8.80. The second-order valence-electron chi connectivity index (χ2n) is 6.51. The molecule has 5 rings (SSSR count). The quantitative estimate of drug-likeness (QED) is 0.582. The number of nitrogens with zero attached hydrogens (tertiary/aromatic N) is 3. The molecule has 0 bridgehead atoms. The number of aromatic amines is 1. The zero-order valence-electron chi connectivity index (χ0n) is 15.0. The topological polar surface area (TPSA) is 82.9 Å². The highest BCUT2D eigenvalue weighted by molar-refractivity contribution is 5.92. The normalized spacial score (nSPS) is 13.3. The summed E-state index contributed by atoms with van der Waals surface area (Å²) >= 11 is 0. The summed E-state index contributed by atoms with van der Waals surface area (Å²) in [7, 11) is 1.62. The maximum absolute atomic E-state index is 10.4. The Balaban J connectivity index is 1.66. The number of H-pyrrole nitrogens is 1. The Kier molecular flexibility index (Phi) is 3.69. The van der Waals surface area contributed by atoms with Crippen molar-refractivity contribution < 1.29 is 9.84 Å². The van der Waals surface area contributed by atoms with Crippen molar-refractivity contribution in [3.63, 3.8) is 0 Å². The number of aromatic nitrogens is 2. The van der Waals surface area contributed by atoms with Gasteiger partial charge in [0.15, 0.2) is 5.88 Å². The standard InChI is InChI=1S/C22H16N4O2/c1-28-15-5-7-19-17(11-15)18(22(27)24-19)9-13-4-6-16-20(10-13)25-26-21(16)14-3-2-8-23-12-14/h2-12,24,27H,1H3. The zero-order valence-corrected chi connectivity index (χ0v) is 15.0. The van der Waals surface area contributed by atoms with Gasteiger partial charge in [0, 0.05) is 39.6 Å². The summed E-state index contributed by atoms with van der Waals surface area (Å²) < 4.78 is 5.31. The molecule has 1 aliphatic rings. The fraction of sp³-hybridized carbons (Fsp3) is 0.0455. The number of rotatable bonds is 3. The highest BCUT2D eigenvalue weighted by atomic mass is 16.5. The van der Waals surface area contributed by atoms with Gasteiger partial charge in [0.25, 0.3) is 0 Å². The molecule has 0 aliphatic carbocycles. The van der Waals surface area contributed by atoms with E-state index >= 15 is 0 Å². The third kappa shape index (κ3) is 2.63. The number of ether oxygens (including phenoxy) is 1. The van der Waals surface area contributed by atoms with Gasteiger partial charge < -0.3 is 14.8 Å². The van der Waals surface area contributed by atoms with E-state index in [0.717, 1.165) is 44.0 Å². The van der Waals surface area contributed by atoms with Gasteiger partial charge in [0.1, 0.15) is 11.4 Å². The second-order valence-corrected chi connectivity index (χ2v) is 6.51. The first-order chi connectivity index (χ1) is 13.7. The number of pyridine rings is 1. The van der Waals surface area contributed by atoms with Gasteiger partial charge in [-0.3, -0.25) is 4.98 Å². The lowest BCUT2D eigenvalue weighted by molar-refractivity contribution is 0.415. The van der Waals surface area contributed by atoms with E-state index in [-0.39, 0.29) is 5.88 Å². The number of hydrogen-bond acceptors (Lipinski definition) is 5. The van der Waals surface area contributed by atoms with Crippen LogP contribution in [0.5, 0.6) is 11.6 Å². The molecule has 6 nitrogen and oxygen atoms in total. The smallest absolute Gasteiger partial charge is 0.196 e. The summed E-state index contributed by atoms with van der Waals surface area (Å²) in [6, 6.07) is 15.4. The molecule has 0 atom stereocenters. The van der Waals surface area contributed by atoms with Crippen LogP contribution in [0, 0.1) is 0 Å². The third-order valence-electron chi connectivity index (χ3n) is 4.81. The number of azo groups is 1. The van der Waals surface area contributed by atoms with E-state index in [9.17, 15) is 5.11 Å². The molecule has 0 spiro atoms. The number of fused-ring (bicyclic) bond motifs is 2. The van der Waals surface area contributed by atoms with Crippen LogP contribution in [0.25, 0.3) is 22.7 Å². The second kappa shape index (κ2) is 6.35. The van der Waals surface area contributed by atoms with Gasteiger partial charge in [-0.05, 0) is 53.8 Å². The number of aromatic hydroxyl groups is 1. The number of hydrogen-bond donors (Lipinski definition) is 2. The van der Waals surface area contributed by atoms with E-state index in [1.807, 2.05) is 54.6 Å². The first kappa shape index (κ1) is 16.3. The Hall–Kier alpha value is -3.93. The SMILES string of the molecule is COc1ccc2[nH]c(O)c(C=c3ccc4c(c3)N=NC=4c3cccnc3)c2c1. The summed E-state index contributed by atoms with van der Waals surface area (Å²) in [6.07, 6.45) is 5.43. The van der Waals surface area contributed by atoms with Crippen molar-refractivity contribution >= 4 is 28.4 Å². The highest BCUT2D eigenvalue weighted by Gasteiger charge is 2.12. The van der Waals surface area contributed by atoms with Crippen LogP contribution >= 0.6 is 0 Å². The van der Waals surface area contributed by atoms with E-state index in [1.54, 1.807) is 19.5 Å². The summed E-state index contributed by atoms with van der Waals surface area (Å²) in [5.74, 6) is 0.854. The van der Waals surface area contributed by atoms with Gasteiger partial charge in [-0.1, -0.05) is 6.07 Å². The third-order valence-corrected chi connectivity index (χ3v) is 4.81. The van der Waals surface area contributed by atoms with Crippen molar-refractivity contribution in [1.29, 1.82) is 0 Å². The highest BCUT2D eigenvalue weighted by Crippen LogP contribution is 2.30.